The van der Waals surface area contributed by atoms with E-state index in [0.717, 1.165) is 10.4 Å². The fourth-order valence-electron chi connectivity index (χ4n) is 3.05. The molecule has 0 spiro atoms. The van der Waals surface area contributed by atoms with E-state index in [1.165, 1.54) is 16.7 Å². The van der Waals surface area contributed by atoms with Gasteiger partial charge in [-0.3, -0.25) is 9.59 Å². The number of thiophene rings is 1. The molecule has 0 unspecified atom stereocenters. The predicted octanol–water partition coefficient (Wildman–Crippen LogP) is 3.16. The molecule has 0 aliphatic rings. The topological polar surface area (TPSA) is 55.5 Å². The highest BCUT2D eigenvalue weighted by molar-refractivity contribution is 7.09. The second-order valence-electron chi connectivity index (χ2n) is 5.96. The Morgan fingerprint density at radius 1 is 1.12 bits per heavy atom. The Kier molecular flexibility index (Phi) is 4.30. The van der Waals surface area contributed by atoms with E-state index >= 15 is 0 Å². The van der Waals surface area contributed by atoms with Crippen LogP contribution in [-0.4, -0.2) is 14.9 Å². The quantitative estimate of drug-likeness (QED) is 0.588. The minimum atomic E-state index is -0.417. The number of rotatable bonds is 5. The van der Waals surface area contributed by atoms with Crippen molar-refractivity contribution in [2.24, 2.45) is 0 Å². The third kappa shape index (κ3) is 3.01. The molecule has 0 saturated heterocycles. The number of carbonyl (C=O) groups excluding carboxylic acids is 1. The molecule has 0 saturated carbocycles. The molecule has 1 N–H and O–H groups in total. The molecule has 4 rings (SSSR count). The summed E-state index contributed by atoms with van der Waals surface area (Å²) < 4.78 is 17.0. The van der Waals surface area contributed by atoms with E-state index < -0.39 is 5.82 Å². The highest BCUT2D eigenvalue weighted by atomic mass is 32.1. The Hall–Kier alpha value is -2.93. The molecule has 7 heteroatoms. The summed E-state index contributed by atoms with van der Waals surface area (Å²) in [5.41, 5.74) is 1.47. The third-order valence-electron chi connectivity index (χ3n) is 4.30. The number of benzene rings is 1. The number of hydrogen-bond donors (Lipinski definition) is 1. The van der Waals surface area contributed by atoms with Gasteiger partial charge in [0.05, 0.1) is 17.6 Å². The van der Waals surface area contributed by atoms with Crippen molar-refractivity contribution < 1.29 is 9.18 Å². The van der Waals surface area contributed by atoms with Gasteiger partial charge < -0.3 is 14.3 Å². The molecule has 4 aromatic rings. The van der Waals surface area contributed by atoms with Crippen LogP contribution >= 0.6 is 11.3 Å². The van der Waals surface area contributed by atoms with Crippen LogP contribution in [0.1, 0.15) is 11.3 Å². The van der Waals surface area contributed by atoms with Crippen molar-refractivity contribution in [3.8, 4) is 0 Å². The maximum absolute atomic E-state index is 13.7. The number of nitrogens with zero attached hydrogens (tertiary/aromatic N) is 2. The van der Waals surface area contributed by atoms with Gasteiger partial charge in [0, 0.05) is 24.0 Å². The first-order valence-electron chi connectivity index (χ1n) is 8.22. The molecule has 0 bridgehead atoms. The van der Waals surface area contributed by atoms with Crippen molar-refractivity contribution in [1.29, 1.82) is 0 Å². The number of amides is 1. The molecule has 0 aliphatic heterocycles. The van der Waals surface area contributed by atoms with Gasteiger partial charge in [-0.2, -0.15) is 0 Å². The molecule has 0 atom stereocenters. The lowest BCUT2D eigenvalue weighted by molar-refractivity contribution is -0.121. The van der Waals surface area contributed by atoms with Crippen molar-refractivity contribution in [3.63, 3.8) is 0 Å². The maximum Gasteiger partial charge on any atom is 0.275 e. The van der Waals surface area contributed by atoms with Crippen LogP contribution in [0.2, 0.25) is 0 Å². The molecule has 1 aromatic carbocycles. The first kappa shape index (κ1) is 16.5. The van der Waals surface area contributed by atoms with Crippen LogP contribution in [0.3, 0.4) is 0 Å². The lowest BCUT2D eigenvalue weighted by atomic mass is 10.2. The van der Waals surface area contributed by atoms with E-state index in [1.54, 1.807) is 40.1 Å². The number of aromatic nitrogens is 2. The summed E-state index contributed by atoms with van der Waals surface area (Å²) in [4.78, 5) is 26.0. The minimum Gasteiger partial charge on any atom is -0.351 e. The van der Waals surface area contributed by atoms with Gasteiger partial charge in [0.25, 0.3) is 5.56 Å². The Bertz CT molecular complexity index is 1140. The van der Waals surface area contributed by atoms with Crippen LogP contribution in [0.4, 0.5) is 4.39 Å². The Labute approximate surface area is 152 Å². The Balaban J connectivity index is 1.62. The zero-order valence-electron chi connectivity index (χ0n) is 13.8. The van der Waals surface area contributed by atoms with Gasteiger partial charge in [0.1, 0.15) is 11.3 Å². The summed E-state index contributed by atoms with van der Waals surface area (Å²) in [6.07, 6.45) is 1.92. The van der Waals surface area contributed by atoms with Crippen LogP contribution in [0.15, 0.2) is 58.8 Å². The van der Waals surface area contributed by atoms with Crippen LogP contribution in [0.25, 0.3) is 16.6 Å². The average molecular weight is 369 g/mol. The van der Waals surface area contributed by atoms with E-state index in [2.05, 4.69) is 5.32 Å². The van der Waals surface area contributed by atoms with Gasteiger partial charge in [-0.05, 0) is 41.8 Å². The van der Waals surface area contributed by atoms with Crippen LogP contribution < -0.4 is 10.9 Å². The normalized spacial score (nSPS) is 11.3. The van der Waals surface area contributed by atoms with Crippen molar-refractivity contribution in [2.45, 2.75) is 19.5 Å². The van der Waals surface area contributed by atoms with Crippen molar-refractivity contribution in [1.82, 2.24) is 14.3 Å². The lowest BCUT2D eigenvalue weighted by Crippen LogP contribution is -2.28. The predicted molar refractivity (Wildman–Crippen MR) is 99.9 cm³/mol. The number of nitrogens with one attached hydrogen (secondary N) is 1. The number of halogens is 1. The van der Waals surface area contributed by atoms with E-state index in [1.807, 2.05) is 17.5 Å². The number of carbonyl (C=O) groups is 1. The zero-order chi connectivity index (χ0) is 18.1. The fraction of sp³-hybridized carbons (Fsp3) is 0.158. The summed E-state index contributed by atoms with van der Waals surface area (Å²) in [5.74, 6) is -0.565. The Morgan fingerprint density at radius 2 is 2.00 bits per heavy atom. The molecule has 26 heavy (non-hydrogen) atoms. The standard InChI is InChI=1S/C19H16FN3O2S/c20-13-5-6-15-17(11-13)23(19(25)16-4-1-8-22(15)16)9-7-18(24)21-12-14-3-2-10-26-14/h1-6,8,10-11H,7,9,12H2,(H,21,24). The molecular formula is C19H16FN3O2S. The van der Waals surface area contributed by atoms with Gasteiger partial charge in [-0.1, -0.05) is 6.07 Å². The number of fused-ring (bicyclic) bond motifs is 3. The maximum atomic E-state index is 13.7. The molecular weight excluding hydrogens is 353 g/mol. The van der Waals surface area contributed by atoms with Crippen molar-refractivity contribution >= 4 is 33.8 Å². The van der Waals surface area contributed by atoms with Crippen molar-refractivity contribution in [2.75, 3.05) is 0 Å². The summed E-state index contributed by atoms with van der Waals surface area (Å²) in [5, 5.41) is 4.80. The van der Waals surface area contributed by atoms with Crippen molar-refractivity contribution in [3.05, 3.63) is 75.1 Å². The monoisotopic (exact) mass is 369 g/mol. The molecule has 132 valence electrons. The zero-order valence-corrected chi connectivity index (χ0v) is 14.6. The number of aryl methyl sites for hydroxylation is 1. The van der Waals surface area contributed by atoms with E-state index in [4.69, 9.17) is 0 Å². The number of hydrogen-bond acceptors (Lipinski definition) is 3. The molecule has 0 aliphatic carbocycles. The summed E-state index contributed by atoms with van der Waals surface area (Å²) >= 11 is 1.57. The van der Waals surface area contributed by atoms with Crippen LogP contribution in [0.5, 0.6) is 0 Å². The molecule has 3 heterocycles. The lowest BCUT2D eigenvalue weighted by Gasteiger charge is -2.13. The first-order valence-corrected chi connectivity index (χ1v) is 9.09. The molecule has 5 nitrogen and oxygen atoms in total. The fourth-order valence-corrected chi connectivity index (χ4v) is 3.70. The minimum absolute atomic E-state index is 0.147. The second-order valence-corrected chi connectivity index (χ2v) is 6.99. The first-order chi connectivity index (χ1) is 12.6. The van der Waals surface area contributed by atoms with Crippen LogP contribution in [0, 0.1) is 5.82 Å². The highest BCUT2D eigenvalue weighted by Crippen LogP contribution is 2.17. The second kappa shape index (κ2) is 6.76. The van der Waals surface area contributed by atoms with E-state index in [-0.39, 0.29) is 24.4 Å². The smallest absolute Gasteiger partial charge is 0.275 e. The summed E-state index contributed by atoms with van der Waals surface area (Å²) in [6.45, 7) is 0.662. The van der Waals surface area contributed by atoms with Gasteiger partial charge in [0.15, 0.2) is 0 Å². The summed E-state index contributed by atoms with van der Waals surface area (Å²) in [6, 6.07) is 11.7. The van der Waals surface area contributed by atoms with E-state index in [0.29, 0.717) is 17.6 Å². The van der Waals surface area contributed by atoms with Gasteiger partial charge >= 0.3 is 0 Å². The van der Waals surface area contributed by atoms with E-state index in [9.17, 15) is 14.0 Å². The molecule has 0 radical (unpaired) electrons. The molecule has 1 amide bonds. The SMILES string of the molecule is O=C(CCn1c(=O)c2cccn2c2ccc(F)cc21)NCc1cccs1. The van der Waals surface area contributed by atoms with Gasteiger partial charge in [-0.25, -0.2) is 4.39 Å². The van der Waals surface area contributed by atoms with Gasteiger partial charge in [0.2, 0.25) is 5.91 Å². The van der Waals surface area contributed by atoms with Gasteiger partial charge in [-0.15, -0.1) is 11.3 Å². The average Bonchev–Trinajstić information content (AvgIpc) is 3.31. The highest BCUT2D eigenvalue weighted by Gasteiger charge is 2.12. The molecule has 0 fully saturated rings. The Morgan fingerprint density at radius 3 is 2.81 bits per heavy atom. The molecule has 3 aromatic heterocycles. The largest absolute Gasteiger partial charge is 0.351 e. The third-order valence-corrected chi connectivity index (χ3v) is 5.18. The van der Waals surface area contributed by atoms with Crippen LogP contribution in [-0.2, 0) is 17.9 Å². The summed E-state index contributed by atoms with van der Waals surface area (Å²) in [7, 11) is 0.